The largest absolute Gasteiger partial charge is 0.360 e. The molecule has 166 valence electrons. The molecule has 1 aliphatic heterocycles. The van der Waals surface area contributed by atoms with Crippen LogP contribution in [-0.4, -0.2) is 50.5 Å². The van der Waals surface area contributed by atoms with Crippen molar-refractivity contribution < 1.29 is 27.1 Å². The molecule has 3 rings (SSSR count). The molecule has 10 heteroatoms. The summed E-state index contributed by atoms with van der Waals surface area (Å²) in [4.78, 5) is 24.3. The molecule has 31 heavy (non-hydrogen) atoms. The molecule has 2 aromatic carbocycles. The van der Waals surface area contributed by atoms with Gasteiger partial charge >= 0.3 is 11.8 Å². The molecular weight excluding hydrogens is 425 g/mol. The van der Waals surface area contributed by atoms with Crippen molar-refractivity contribution in [2.24, 2.45) is 0 Å². The minimum absolute atomic E-state index is 0.127. The first kappa shape index (κ1) is 22.9. The van der Waals surface area contributed by atoms with Crippen LogP contribution in [0.1, 0.15) is 17.5 Å². The maximum Gasteiger partial charge on any atom is 0.309 e. The van der Waals surface area contributed by atoms with Crippen molar-refractivity contribution in [3.05, 3.63) is 65.5 Å². The number of nitrogens with zero attached hydrogens (tertiary/aromatic N) is 1. The summed E-state index contributed by atoms with van der Waals surface area (Å²) >= 11 is 0. The lowest BCUT2D eigenvalue weighted by molar-refractivity contribution is -0.140. The lowest BCUT2D eigenvalue weighted by Gasteiger charge is -2.34. The Balaban J connectivity index is 1.59. The number of amides is 2. The highest BCUT2D eigenvalue weighted by molar-refractivity contribution is 7.89. The van der Waals surface area contributed by atoms with Crippen LogP contribution >= 0.6 is 0 Å². The molecule has 1 saturated heterocycles. The third-order valence-electron chi connectivity index (χ3n) is 4.82. The van der Waals surface area contributed by atoms with E-state index in [1.165, 1.54) is 34.6 Å². The van der Waals surface area contributed by atoms with Gasteiger partial charge in [0.25, 0.3) is 0 Å². The van der Waals surface area contributed by atoms with Crippen LogP contribution in [0.2, 0.25) is 0 Å². The summed E-state index contributed by atoms with van der Waals surface area (Å²) in [5.41, 5.74) is 1.17. The molecule has 8 nitrogen and oxygen atoms in total. The summed E-state index contributed by atoms with van der Waals surface area (Å²) in [6.45, 7) is 2.08. The highest BCUT2D eigenvalue weighted by Gasteiger charge is 2.34. The Morgan fingerprint density at radius 2 is 1.77 bits per heavy atom. The Bertz CT molecular complexity index is 1040. The Morgan fingerprint density at radius 1 is 1.10 bits per heavy atom. The SMILES string of the molecule is Cc1ccc(S(=O)(=O)N2CCCO[C@@H]2CNC(=O)C(=O)NCc2ccccc2F)cc1. The first-order valence-electron chi connectivity index (χ1n) is 9.78. The number of hydrogen-bond acceptors (Lipinski definition) is 5. The lowest BCUT2D eigenvalue weighted by Crippen LogP contribution is -2.53. The summed E-state index contributed by atoms with van der Waals surface area (Å²) in [6.07, 6.45) is -0.429. The van der Waals surface area contributed by atoms with Gasteiger partial charge in [0.2, 0.25) is 10.0 Å². The average molecular weight is 450 g/mol. The predicted octanol–water partition coefficient (Wildman–Crippen LogP) is 1.30. The van der Waals surface area contributed by atoms with Crippen molar-refractivity contribution >= 4 is 21.8 Å². The van der Waals surface area contributed by atoms with Gasteiger partial charge in [-0.15, -0.1) is 0 Å². The van der Waals surface area contributed by atoms with Crippen molar-refractivity contribution in [2.75, 3.05) is 19.7 Å². The normalized spacial score (nSPS) is 17.2. The van der Waals surface area contributed by atoms with Crippen molar-refractivity contribution in [1.82, 2.24) is 14.9 Å². The highest BCUT2D eigenvalue weighted by Crippen LogP contribution is 2.22. The van der Waals surface area contributed by atoms with Gasteiger partial charge in [0, 0.05) is 18.7 Å². The molecule has 1 atom stereocenters. The standard InChI is InChI=1S/C21H24FN3O5S/c1-15-7-9-17(10-8-15)31(28,29)25-11-4-12-30-19(25)14-24-21(27)20(26)23-13-16-5-2-3-6-18(16)22/h2-3,5-10,19H,4,11-14H2,1H3,(H,23,26)(H,24,27)/t19-/m1/s1. The van der Waals surface area contributed by atoms with Crippen LogP contribution in [0.4, 0.5) is 4.39 Å². The number of nitrogens with one attached hydrogen (secondary N) is 2. The molecule has 0 unspecified atom stereocenters. The van der Waals surface area contributed by atoms with E-state index in [-0.39, 0.29) is 30.1 Å². The molecule has 0 aliphatic carbocycles. The second kappa shape index (κ2) is 9.99. The van der Waals surface area contributed by atoms with Crippen LogP contribution in [0, 0.1) is 12.7 Å². The molecular formula is C21H24FN3O5S. The van der Waals surface area contributed by atoms with E-state index in [4.69, 9.17) is 4.74 Å². The van der Waals surface area contributed by atoms with Gasteiger partial charge in [-0.05, 0) is 31.5 Å². The van der Waals surface area contributed by atoms with Crippen LogP contribution in [0.5, 0.6) is 0 Å². The minimum Gasteiger partial charge on any atom is -0.360 e. The number of carbonyl (C=O) groups excluding carboxylic acids is 2. The summed E-state index contributed by atoms with van der Waals surface area (Å²) in [6, 6.07) is 12.3. The van der Waals surface area contributed by atoms with Crippen molar-refractivity contribution in [3.63, 3.8) is 0 Å². The zero-order valence-corrected chi connectivity index (χ0v) is 17.8. The lowest BCUT2D eigenvalue weighted by atomic mass is 10.2. The fourth-order valence-electron chi connectivity index (χ4n) is 3.11. The van der Waals surface area contributed by atoms with Gasteiger partial charge < -0.3 is 15.4 Å². The van der Waals surface area contributed by atoms with Crippen LogP contribution in [0.15, 0.2) is 53.4 Å². The monoisotopic (exact) mass is 449 g/mol. The number of hydrogen-bond donors (Lipinski definition) is 2. The Labute approximate surface area is 180 Å². The van der Waals surface area contributed by atoms with E-state index in [0.717, 1.165) is 5.56 Å². The predicted molar refractivity (Wildman–Crippen MR) is 111 cm³/mol. The third-order valence-corrected chi connectivity index (χ3v) is 6.73. The second-order valence-electron chi connectivity index (χ2n) is 7.09. The molecule has 2 aromatic rings. The van der Waals surface area contributed by atoms with Gasteiger partial charge in [0.1, 0.15) is 12.0 Å². The van der Waals surface area contributed by atoms with Gasteiger partial charge in [-0.25, -0.2) is 12.8 Å². The zero-order valence-electron chi connectivity index (χ0n) is 17.0. The number of rotatable bonds is 6. The van der Waals surface area contributed by atoms with E-state index in [2.05, 4.69) is 10.6 Å². The zero-order chi connectivity index (χ0) is 22.4. The van der Waals surface area contributed by atoms with E-state index < -0.39 is 33.9 Å². The van der Waals surface area contributed by atoms with Crippen molar-refractivity contribution in [1.29, 1.82) is 0 Å². The van der Waals surface area contributed by atoms with Gasteiger partial charge in [-0.2, -0.15) is 4.31 Å². The van der Waals surface area contributed by atoms with Crippen LogP contribution in [0.25, 0.3) is 0 Å². The van der Waals surface area contributed by atoms with Gasteiger partial charge in [-0.1, -0.05) is 35.9 Å². The number of ether oxygens (including phenoxy) is 1. The van der Waals surface area contributed by atoms with Crippen molar-refractivity contribution in [3.8, 4) is 0 Å². The van der Waals surface area contributed by atoms with E-state index in [0.29, 0.717) is 13.0 Å². The molecule has 0 bridgehead atoms. The summed E-state index contributed by atoms with van der Waals surface area (Å²) < 4.78 is 46.3. The fourth-order valence-corrected chi connectivity index (χ4v) is 4.67. The summed E-state index contributed by atoms with van der Waals surface area (Å²) in [7, 11) is -3.83. The van der Waals surface area contributed by atoms with E-state index in [1.54, 1.807) is 18.2 Å². The maximum atomic E-state index is 13.6. The molecule has 1 heterocycles. The number of halogens is 1. The number of aryl methyl sites for hydroxylation is 1. The Hall–Kier alpha value is -2.82. The molecule has 2 amide bonds. The quantitative estimate of drug-likeness (QED) is 0.647. The number of benzene rings is 2. The van der Waals surface area contributed by atoms with Gasteiger partial charge in [-0.3, -0.25) is 9.59 Å². The van der Waals surface area contributed by atoms with Crippen LogP contribution in [0.3, 0.4) is 0 Å². The molecule has 2 N–H and O–H groups in total. The van der Waals surface area contributed by atoms with E-state index in [1.807, 2.05) is 6.92 Å². The Kier molecular flexibility index (Phi) is 7.37. The number of carbonyl (C=O) groups is 2. The minimum atomic E-state index is -3.83. The number of sulfonamides is 1. The van der Waals surface area contributed by atoms with Crippen LogP contribution in [-0.2, 0) is 30.9 Å². The van der Waals surface area contributed by atoms with Gasteiger partial charge in [0.15, 0.2) is 0 Å². The Morgan fingerprint density at radius 3 is 2.48 bits per heavy atom. The molecule has 0 radical (unpaired) electrons. The van der Waals surface area contributed by atoms with E-state index in [9.17, 15) is 22.4 Å². The first-order valence-corrected chi connectivity index (χ1v) is 11.2. The molecule has 0 saturated carbocycles. The third kappa shape index (κ3) is 5.66. The van der Waals surface area contributed by atoms with Gasteiger partial charge in [0.05, 0.1) is 18.0 Å². The van der Waals surface area contributed by atoms with Crippen molar-refractivity contribution in [2.45, 2.75) is 31.0 Å². The average Bonchev–Trinajstić information content (AvgIpc) is 2.77. The molecule has 0 aromatic heterocycles. The topological polar surface area (TPSA) is 105 Å². The first-order chi connectivity index (χ1) is 14.8. The summed E-state index contributed by atoms with van der Waals surface area (Å²) in [5, 5.41) is 4.73. The molecule has 0 spiro atoms. The fraction of sp³-hybridized carbons (Fsp3) is 0.333. The second-order valence-corrected chi connectivity index (χ2v) is 8.98. The maximum absolute atomic E-state index is 13.6. The van der Waals surface area contributed by atoms with E-state index >= 15 is 0 Å². The highest BCUT2D eigenvalue weighted by atomic mass is 32.2. The molecule has 1 aliphatic rings. The summed E-state index contributed by atoms with van der Waals surface area (Å²) in [5.74, 6) is -2.40. The molecule has 1 fully saturated rings. The van der Waals surface area contributed by atoms with Crippen LogP contribution < -0.4 is 10.6 Å². The smallest absolute Gasteiger partial charge is 0.309 e.